The molecular formula is C24H25N3O3. The minimum Gasteiger partial charge on any atom is -0.436 e. The van der Waals surface area contributed by atoms with Gasteiger partial charge in [0.2, 0.25) is 11.8 Å². The van der Waals surface area contributed by atoms with Gasteiger partial charge in [-0.2, -0.15) is 0 Å². The fourth-order valence-corrected chi connectivity index (χ4v) is 4.06. The van der Waals surface area contributed by atoms with Crippen LogP contribution in [0.1, 0.15) is 42.5 Å². The molecule has 1 aromatic heterocycles. The summed E-state index contributed by atoms with van der Waals surface area (Å²) in [4.78, 5) is 31.4. The number of likely N-dealkylation sites (tertiary alicyclic amines) is 1. The van der Waals surface area contributed by atoms with Crippen LogP contribution < -0.4 is 5.32 Å². The zero-order valence-corrected chi connectivity index (χ0v) is 16.8. The molecule has 0 unspecified atom stereocenters. The first kappa shape index (κ1) is 18.9. The maximum absolute atomic E-state index is 13.0. The van der Waals surface area contributed by atoms with Crippen molar-refractivity contribution in [1.29, 1.82) is 0 Å². The molecule has 0 spiro atoms. The predicted molar refractivity (Wildman–Crippen MR) is 114 cm³/mol. The molecule has 1 saturated carbocycles. The summed E-state index contributed by atoms with van der Waals surface area (Å²) in [6, 6.07) is 15.6. The number of rotatable bonds is 5. The Hall–Kier alpha value is -3.15. The van der Waals surface area contributed by atoms with Crippen LogP contribution in [-0.2, 0) is 4.79 Å². The van der Waals surface area contributed by atoms with Crippen LogP contribution >= 0.6 is 0 Å². The summed E-state index contributed by atoms with van der Waals surface area (Å²) in [5.74, 6) is 1.08. The zero-order chi connectivity index (χ0) is 20.5. The number of benzene rings is 2. The topological polar surface area (TPSA) is 75.4 Å². The van der Waals surface area contributed by atoms with Crippen LogP contribution in [0.25, 0.3) is 22.6 Å². The van der Waals surface area contributed by atoms with Crippen LogP contribution in [0.5, 0.6) is 0 Å². The van der Waals surface area contributed by atoms with Gasteiger partial charge in [0.05, 0.1) is 0 Å². The quantitative estimate of drug-likeness (QED) is 0.698. The Morgan fingerprint density at radius 1 is 1.03 bits per heavy atom. The Morgan fingerprint density at radius 2 is 1.80 bits per heavy atom. The Labute approximate surface area is 175 Å². The van der Waals surface area contributed by atoms with Crippen molar-refractivity contribution in [3.8, 4) is 11.5 Å². The summed E-state index contributed by atoms with van der Waals surface area (Å²) < 4.78 is 5.90. The highest BCUT2D eigenvalue weighted by molar-refractivity contribution is 5.97. The molecule has 2 heterocycles. The van der Waals surface area contributed by atoms with Gasteiger partial charge >= 0.3 is 0 Å². The molecule has 0 bridgehead atoms. The molecule has 5 rings (SSSR count). The molecule has 154 valence electrons. The van der Waals surface area contributed by atoms with Gasteiger partial charge in [-0.25, -0.2) is 4.98 Å². The third-order valence-corrected chi connectivity index (χ3v) is 5.97. The molecule has 2 amide bonds. The monoisotopic (exact) mass is 403 g/mol. The van der Waals surface area contributed by atoms with E-state index in [1.165, 1.54) is 0 Å². The lowest BCUT2D eigenvalue weighted by atomic mass is 9.93. The maximum Gasteiger partial charge on any atom is 0.253 e. The Morgan fingerprint density at radius 3 is 2.53 bits per heavy atom. The molecule has 1 aliphatic carbocycles. The predicted octanol–water partition coefficient (Wildman–Crippen LogP) is 4.02. The number of carbonyl (C=O) groups is 2. The van der Waals surface area contributed by atoms with E-state index in [9.17, 15) is 9.59 Å². The highest BCUT2D eigenvalue weighted by atomic mass is 16.3. The second kappa shape index (κ2) is 7.94. The lowest BCUT2D eigenvalue weighted by Crippen LogP contribution is -2.39. The molecule has 6 nitrogen and oxygen atoms in total. The molecule has 1 N–H and O–H groups in total. The van der Waals surface area contributed by atoms with Crippen molar-refractivity contribution >= 4 is 22.9 Å². The van der Waals surface area contributed by atoms with E-state index in [-0.39, 0.29) is 11.8 Å². The molecule has 30 heavy (non-hydrogen) atoms. The number of nitrogens with one attached hydrogen (secondary N) is 1. The number of piperidine rings is 1. The van der Waals surface area contributed by atoms with E-state index in [0.29, 0.717) is 48.5 Å². The van der Waals surface area contributed by atoms with Crippen LogP contribution in [-0.4, -0.2) is 40.8 Å². The second-order valence-electron chi connectivity index (χ2n) is 8.35. The minimum atomic E-state index is 0.00967. The van der Waals surface area contributed by atoms with E-state index in [1.807, 2.05) is 47.4 Å². The average Bonchev–Trinajstić information content (AvgIpc) is 3.48. The standard InChI is InChI=1S/C24H25N3O3/c28-22(25-19-7-8-19)14-16-10-12-27(13-11-16)24(29)18-6-9-20-21(15-18)30-23(26-20)17-4-2-1-3-5-17/h1-6,9,15-16,19H,7-8,10-14H2,(H,25,28). The first-order valence-corrected chi connectivity index (χ1v) is 10.7. The van der Waals surface area contributed by atoms with Gasteiger partial charge in [-0.1, -0.05) is 18.2 Å². The number of fused-ring (bicyclic) bond motifs is 1. The van der Waals surface area contributed by atoms with E-state index in [0.717, 1.165) is 36.8 Å². The number of hydrogen-bond acceptors (Lipinski definition) is 4. The summed E-state index contributed by atoms with van der Waals surface area (Å²) in [6.45, 7) is 1.37. The van der Waals surface area contributed by atoms with Gasteiger partial charge in [0.1, 0.15) is 5.52 Å². The summed E-state index contributed by atoms with van der Waals surface area (Å²) in [5, 5.41) is 3.06. The normalized spacial score (nSPS) is 17.3. The van der Waals surface area contributed by atoms with Crippen molar-refractivity contribution in [2.75, 3.05) is 13.1 Å². The van der Waals surface area contributed by atoms with Gasteiger partial charge in [-0.05, 0) is 61.9 Å². The summed E-state index contributed by atoms with van der Waals surface area (Å²) in [5.41, 5.74) is 2.88. The fraction of sp³-hybridized carbons (Fsp3) is 0.375. The lowest BCUT2D eigenvalue weighted by molar-refractivity contribution is -0.122. The minimum absolute atomic E-state index is 0.00967. The molecule has 6 heteroatoms. The molecule has 3 aromatic rings. The molecule has 2 aromatic carbocycles. The first-order valence-electron chi connectivity index (χ1n) is 10.7. The third kappa shape index (κ3) is 4.08. The van der Waals surface area contributed by atoms with E-state index in [4.69, 9.17) is 4.42 Å². The smallest absolute Gasteiger partial charge is 0.253 e. The second-order valence-corrected chi connectivity index (χ2v) is 8.35. The highest BCUT2D eigenvalue weighted by Gasteiger charge is 2.28. The number of amides is 2. The van der Waals surface area contributed by atoms with Gasteiger partial charge in [-0.3, -0.25) is 9.59 Å². The third-order valence-electron chi connectivity index (χ3n) is 5.97. The summed E-state index contributed by atoms with van der Waals surface area (Å²) in [7, 11) is 0. The van der Waals surface area contributed by atoms with Gasteiger partial charge in [0.25, 0.3) is 5.91 Å². The van der Waals surface area contributed by atoms with Gasteiger partial charge in [-0.15, -0.1) is 0 Å². The van der Waals surface area contributed by atoms with Gasteiger partial charge in [0.15, 0.2) is 5.58 Å². The van der Waals surface area contributed by atoms with Crippen molar-refractivity contribution in [3.63, 3.8) is 0 Å². The lowest BCUT2D eigenvalue weighted by Gasteiger charge is -2.31. The van der Waals surface area contributed by atoms with Crippen molar-refractivity contribution in [2.45, 2.75) is 38.1 Å². The zero-order valence-electron chi connectivity index (χ0n) is 16.8. The molecule has 1 saturated heterocycles. The van der Waals surface area contributed by atoms with Crippen LogP contribution in [0, 0.1) is 5.92 Å². The van der Waals surface area contributed by atoms with Gasteiger partial charge in [0, 0.05) is 36.7 Å². The molecule has 2 aliphatic rings. The highest BCUT2D eigenvalue weighted by Crippen LogP contribution is 2.27. The van der Waals surface area contributed by atoms with Crippen LogP contribution in [0.2, 0.25) is 0 Å². The fourth-order valence-electron chi connectivity index (χ4n) is 4.06. The van der Waals surface area contributed by atoms with Crippen LogP contribution in [0.15, 0.2) is 52.9 Å². The Bertz CT molecular complexity index is 1060. The van der Waals surface area contributed by atoms with Gasteiger partial charge < -0.3 is 14.6 Å². The van der Waals surface area contributed by atoms with E-state index in [1.54, 1.807) is 6.07 Å². The number of hydrogen-bond donors (Lipinski definition) is 1. The van der Waals surface area contributed by atoms with Crippen molar-refractivity contribution in [2.24, 2.45) is 5.92 Å². The summed E-state index contributed by atoms with van der Waals surface area (Å²) >= 11 is 0. The summed E-state index contributed by atoms with van der Waals surface area (Å²) in [6.07, 6.45) is 4.53. The molecular weight excluding hydrogens is 378 g/mol. The number of oxazole rings is 1. The van der Waals surface area contributed by atoms with Crippen LogP contribution in [0.3, 0.4) is 0 Å². The number of aromatic nitrogens is 1. The maximum atomic E-state index is 13.0. The van der Waals surface area contributed by atoms with Crippen LogP contribution in [0.4, 0.5) is 0 Å². The van der Waals surface area contributed by atoms with Crippen molar-refractivity contribution in [3.05, 3.63) is 54.1 Å². The van der Waals surface area contributed by atoms with E-state index in [2.05, 4.69) is 10.3 Å². The number of carbonyl (C=O) groups excluding carboxylic acids is 2. The Kier molecular flexibility index (Phi) is 4.99. The van der Waals surface area contributed by atoms with E-state index < -0.39 is 0 Å². The Balaban J connectivity index is 1.23. The molecule has 2 fully saturated rings. The number of nitrogens with zero attached hydrogens (tertiary/aromatic N) is 2. The van der Waals surface area contributed by atoms with Crippen molar-refractivity contribution in [1.82, 2.24) is 15.2 Å². The first-order chi connectivity index (χ1) is 14.7. The van der Waals surface area contributed by atoms with E-state index >= 15 is 0 Å². The molecule has 1 aliphatic heterocycles. The molecule has 0 atom stereocenters. The van der Waals surface area contributed by atoms with Crippen molar-refractivity contribution < 1.29 is 14.0 Å². The SMILES string of the molecule is O=C(CC1CCN(C(=O)c2ccc3nc(-c4ccccc4)oc3c2)CC1)NC1CC1. The largest absolute Gasteiger partial charge is 0.436 e. The molecule has 0 radical (unpaired) electrons. The average molecular weight is 403 g/mol.